The van der Waals surface area contributed by atoms with Crippen LogP contribution in [0.4, 0.5) is 4.79 Å². The molecule has 1 saturated carbocycles. The predicted octanol–water partition coefficient (Wildman–Crippen LogP) is 3.14. The molecule has 0 bridgehead atoms. The van der Waals surface area contributed by atoms with Crippen LogP contribution >= 0.6 is 0 Å². The summed E-state index contributed by atoms with van der Waals surface area (Å²) < 4.78 is 5.24. The molecule has 22 heavy (non-hydrogen) atoms. The number of carbonyl (C=O) groups is 2. The molecular weight excluding hydrogens is 282 g/mol. The van der Waals surface area contributed by atoms with Gasteiger partial charge < -0.3 is 9.84 Å². The van der Waals surface area contributed by atoms with E-state index in [1.54, 1.807) is 0 Å². The lowest BCUT2D eigenvalue weighted by molar-refractivity contribution is -0.161. The van der Waals surface area contributed by atoms with E-state index < -0.39 is 17.6 Å². The monoisotopic (exact) mass is 305 g/mol. The zero-order chi connectivity index (χ0) is 16.3. The number of carboxylic acid groups (broad SMARTS) is 1. The largest absolute Gasteiger partial charge is 0.479 e. The first-order chi connectivity index (χ1) is 10.4. The Hall–Kier alpha value is -2.04. The third-order valence-electron chi connectivity index (χ3n) is 4.66. The van der Waals surface area contributed by atoms with E-state index >= 15 is 0 Å². The summed E-state index contributed by atoms with van der Waals surface area (Å²) in [4.78, 5) is 25.1. The maximum absolute atomic E-state index is 12.2. The van der Waals surface area contributed by atoms with Gasteiger partial charge in [-0.25, -0.2) is 9.59 Å². The number of rotatable bonds is 5. The van der Waals surface area contributed by atoms with E-state index in [9.17, 15) is 14.7 Å². The summed E-state index contributed by atoms with van der Waals surface area (Å²) in [7, 11) is 1.51. The van der Waals surface area contributed by atoms with Crippen molar-refractivity contribution in [2.75, 3.05) is 7.05 Å². The van der Waals surface area contributed by atoms with E-state index in [-0.39, 0.29) is 6.61 Å². The fourth-order valence-electron chi connectivity index (χ4n) is 2.86. The number of benzene rings is 1. The van der Waals surface area contributed by atoms with E-state index in [1.807, 2.05) is 30.3 Å². The zero-order valence-electron chi connectivity index (χ0n) is 13.3. The van der Waals surface area contributed by atoms with Crippen LogP contribution in [0.15, 0.2) is 30.3 Å². The SMILES string of the molecule is CC(C)C1CC(C(=O)O)(N(C)C(=O)OCc2ccccc2)C1. The minimum Gasteiger partial charge on any atom is -0.479 e. The molecule has 0 unspecified atom stereocenters. The van der Waals surface area contributed by atoms with Crippen molar-refractivity contribution in [3.05, 3.63) is 35.9 Å². The quantitative estimate of drug-likeness (QED) is 0.907. The highest BCUT2D eigenvalue weighted by atomic mass is 16.6. The molecule has 0 radical (unpaired) electrons. The Morgan fingerprint density at radius 1 is 1.32 bits per heavy atom. The molecule has 1 aliphatic rings. The predicted molar refractivity (Wildman–Crippen MR) is 82.3 cm³/mol. The highest BCUT2D eigenvalue weighted by Gasteiger charge is 2.56. The number of carboxylic acids is 1. The van der Waals surface area contributed by atoms with Gasteiger partial charge in [-0.2, -0.15) is 0 Å². The number of hydrogen-bond acceptors (Lipinski definition) is 3. The van der Waals surface area contributed by atoms with Gasteiger partial charge in [0.15, 0.2) is 0 Å². The number of amides is 1. The topological polar surface area (TPSA) is 66.8 Å². The summed E-state index contributed by atoms with van der Waals surface area (Å²) in [5, 5.41) is 9.54. The molecule has 5 heteroatoms. The molecule has 120 valence electrons. The first kappa shape index (κ1) is 16.3. The molecular formula is C17H23NO4. The summed E-state index contributed by atoms with van der Waals surface area (Å²) in [5.41, 5.74) is -0.245. The lowest BCUT2D eigenvalue weighted by Crippen LogP contribution is -2.63. The molecule has 5 nitrogen and oxygen atoms in total. The van der Waals surface area contributed by atoms with Crippen molar-refractivity contribution < 1.29 is 19.4 Å². The van der Waals surface area contributed by atoms with Crippen LogP contribution in [0.5, 0.6) is 0 Å². The fourth-order valence-corrected chi connectivity index (χ4v) is 2.86. The van der Waals surface area contributed by atoms with Gasteiger partial charge in [0.2, 0.25) is 0 Å². The van der Waals surface area contributed by atoms with Crippen molar-refractivity contribution in [2.45, 2.75) is 38.8 Å². The number of hydrogen-bond donors (Lipinski definition) is 1. The summed E-state index contributed by atoms with van der Waals surface area (Å²) in [6, 6.07) is 9.34. The van der Waals surface area contributed by atoms with Crippen LogP contribution in [0.3, 0.4) is 0 Å². The van der Waals surface area contributed by atoms with E-state index in [1.165, 1.54) is 11.9 Å². The van der Waals surface area contributed by atoms with E-state index in [4.69, 9.17) is 4.74 Å². The maximum Gasteiger partial charge on any atom is 0.410 e. The second kappa shape index (κ2) is 6.38. The minimum absolute atomic E-state index is 0.146. The zero-order valence-corrected chi connectivity index (χ0v) is 13.3. The summed E-state index contributed by atoms with van der Waals surface area (Å²) in [6.07, 6.45) is 0.377. The smallest absolute Gasteiger partial charge is 0.410 e. The molecule has 0 saturated heterocycles. The van der Waals surface area contributed by atoms with E-state index in [2.05, 4.69) is 13.8 Å². The van der Waals surface area contributed by atoms with Gasteiger partial charge in [0.05, 0.1) is 0 Å². The van der Waals surface area contributed by atoms with Crippen molar-refractivity contribution in [2.24, 2.45) is 11.8 Å². The van der Waals surface area contributed by atoms with Gasteiger partial charge in [-0.05, 0) is 30.2 Å². The Morgan fingerprint density at radius 3 is 2.41 bits per heavy atom. The van der Waals surface area contributed by atoms with Crippen LogP contribution in [-0.4, -0.2) is 34.7 Å². The lowest BCUT2D eigenvalue weighted by Gasteiger charge is -2.50. The third kappa shape index (κ3) is 3.08. The highest BCUT2D eigenvalue weighted by Crippen LogP contribution is 2.46. The van der Waals surface area contributed by atoms with Crippen LogP contribution in [-0.2, 0) is 16.1 Å². The summed E-state index contributed by atoms with van der Waals surface area (Å²) in [6.45, 7) is 4.29. The molecule has 0 atom stereocenters. The Kier molecular flexibility index (Phi) is 4.74. The molecule has 1 aromatic carbocycles. The van der Waals surface area contributed by atoms with Gasteiger partial charge in [0.1, 0.15) is 12.1 Å². The number of ether oxygens (including phenoxy) is 1. The molecule has 2 rings (SSSR count). The lowest BCUT2D eigenvalue weighted by atomic mass is 9.63. The first-order valence-corrected chi connectivity index (χ1v) is 7.54. The maximum atomic E-state index is 12.2. The van der Waals surface area contributed by atoms with Gasteiger partial charge in [0, 0.05) is 7.05 Å². The van der Waals surface area contributed by atoms with Crippen molar-refractivity contribution in [1.82, 2.24) is 4.90 Å². The molecule has 0 aromatic heterocycles. The molecule has 0 heterocycles. The average molecular weight is 305 g/mol. The second-order valence-corrected chi connectivity index (χ2v) is 6.35. The van der Waals surface area contributed by atoms with Crippen molar-refractivity contribution in [1.29, 1.82) is 0 Å². The molecule has 0 aliphatic heterocycles. The number of likely N-dealkylation sites (N-methyl/N-ethyl adjacent to an activating group) is 1. The summed E-state index contributed by atoms with van der Waals surface area (Å²) >= 11 is 0. The molecule has 1 amide bonds. The molecule has 0 spiro atoms. The van der Waals surface area contributed by atoms with Crippen LogP contribution in [0.2, 0.25) is 0 Å². The minimum atomic E-state index is -1.12. The van der Waals surface area contributed by atoms with Crippen LogP contribution < -0.4 is 0 Å². The van der Waals surface area contributed by atoms with Crippen molar-refractivity contribution in [3.63, 3.8) is 0 Å². The molecule has 1 aliphatic carbocycles. The molecule has 1 aromatic rings. The Labute approximate surface area is 130 Å². The molecule has 1 N–H and O–H groups in total. The van der Waals surface area contributed by atoms with Gasteiger partial charge in [-0.15, -0.1) is 0 Å². The Balaban J connectivity index is 1.98. The van der Waals surface area contributed by atoms with Gasteiger partial charge >= 0.3 is 12.1 Å². The van der Waals surface area contributed by atoms with Crippen molar-refractivity contribution >= 4 is 12.1 Å². The van der Waals surface area contributed by atoms with Crippen LogP contribution in [0.25, 0.3) is 0 Å². The number of nitrogens with zero attached hydrogens (tertiary/aromatic N) is 1. The molecule has 1 fully saturated rings. The highest BCUT2D eigenvalue weighted by molar-refractivity contribution is 5.85. The fraction of sp³-hybridized carbons (Fsp3) is 0.529. The average Bonchev–Trinajstić information content (AvgIpc) is 2.43. The normalized spacial score (nSPS) is 23.7. The third-order valence-corrected chi connectivity index (χ3v) is 4.66. The van der Waals surface area contributed by atoms with E-state index in [0.717, 1.165) is 5.56 Å². The number of carbonyl (C=O) groups excluding carboxylic acids is 1. The number of aliphatic carboxylic acids is 1. The Morgan fingerprint density at radius 2 is 1.91 bits per heavy atom. The van der Waals surface area contributed by atoms with Gasteiger partial charge in [-0.3, -0.25) is 4.90 Å². The van der Waals surface area contributed by atoms with Crippen LogP contribution in [0, 0.1) is 11.8 Å². The second-order valence-electron chi connectivity index (χ2n) is 6.35. The summed E-state index contributed by atoms with van der Waals surface area (Å²) in [5.74, 6) is -0.203. The van der Waals surface area contributed by atoms with Gasteiger partial charge in [0.25, 0.3) is 0 Å². The van der Waals surface area contributed by atoms with E-state index in [0.29, 0.717) is 24.7 Å². The standard InChI is InChI=1S/C17H23NO4/c1-12(2)14-9-17(10-14,15(19)20)18(3)16(21)22-11-13-7-5-4-6-8-13/h4-8,12,14H,9-11H2,1-3H3,(H,19,20). The van der Waals surface area contributed by atoms with Gasteiger partial charge in [-0.1, -0.05) is 44.2 Å². The Bertz CT molecular complexity index is 535. The van der Waals surface area contributed by atoms with Crippen LogP contribution in [0.1, 0.15) is 32.3 Å². The van der Waals surface area contributed by atoms with Crippen molar-refractivity contribution in [3.8, 4) is 0 Å². The first-order valence-electron chi connectivity index (χ1n) is 7.54.